The fraction of sp³-hybridized carbons (Fsp3) is 0.353. The first-order chi connectivity index (χ1) is 9.83. The van der Waals surface area contributed by atoms with Crippen LogP contribution in [0.5, 0.6) is 0 Å². The molecule has 2 aromatic rings. The lowest BCUT2D eigenvalue weighted by Gasteiger charge is -2.25. The fourth-order valence-electron chi connectivity index (χ4n) is 2.84. The summed E-state index contributed by atoms with van der Waals surface area (Å²) in [4.78, 5) is 14.4. The average Bonchev–Trinajstić information content (AvgIpc) is 2.48. The Hall–Kier alpha value is -1.87. The van der Waals surface area contributed by atoms with Gasteiger partial charge in [-0.25, -0.2) is 0 Å². The molecular weight excluding hydrogens is 248 g/mol. The molecule has 104 valence electrons. The summed E-state index contributed by atoms with van der Waals surface area (Å²) in [5, 5.41) is 5.31. The number of amides is 1. The smallest absolute Gasteiger partial charge is 0.238 e. The molecule has 1 heterocycles. The number of likely N-dealkylation sites (tertiary alicyclic amines) is 1. The van der Waals surface area contributed by atoms with E-state index in [1.807, 2.05) is 30.3 Å². The number of nitrogens with zero attached hydrogens (tertiary/aromatic N) is 1. The number of anilines is 1. The molecule has 0 aliphatic carbocycles. The molecule has 0 spiro atoms. The van der Waals surface area contributed by atoms with Gasteiger partial charge >= 0.3 is 0 Å². The number of carbonyl (C=O) groups excluding carboxylic acids is 1. The van der Waals surface area contributed by atoms with Gasteiger partial charge in [0.05, 0.1) is 6.54 Å². The number of rotatable bonds is 3. The van der Waals surface area contributed by atoms with E-state index in [-0.39, 0.29) is 5.91 Å². The van der Waals surface area contributed by atoms with Gasteiger partial charge in [0, 0.05) is 11.1 Å². The zero-order valence-electron chi connectivity index (χ0n) is 11.6. The maximum atomic E-state index is 12.2. The molecule has 0 atom stereocenters. The Kier molecular flexibility index (Phi) is 3.97. The highest BCUT2D eigenvalue weighted by molar-refractivity contribution is 6.02. The predicted molar refractivity (Wildman–Crippen MR) is 82.9 cm³/mol. The highest BCUT2D eigenvalue weighted by Crippen LogP contribution is 2.22. The van der Waals surface area contributed by atoms with Gasteiger partial charge in [0.1, 0.15) is 0 Å². The van der Waals surface area contributed by atoms with Gasteiger partial charge < -0.3 is 5.32 Å². The summed E-state index contributed by atoms with van der Waals surface area (Å²) >= 11 is 0. The van der Waals surface area contributed by atoms with Crippen LogP contribution in [0.1, 0.15) is 19.3 Å². The molecule has 0 aromatic heterocycles. The molecule has 1 N–H and O–H groups in total. The van der Waals surface area contributed by atoms with E-state index in [1.165, 1.54) is 19.3 Å². The minimum Gasteiger partial charge on any atom is -0.324 e. The van der Waals surface area contributed by atoms with E-state index in [1.54, 1.807) is 0 Å². The quantitative estimate of drug-likeness (QED) is 0.926. The summed E-state index contributed by atoms with van der Waals surface area (Å²) in [6, 6.07) is 14.1. The number of hydrogen-bond acceptors (Lipinski definition) is 2. The molecule has 0 radical (unpaired) electrons. The predicted octanol–water partition coefficient (Wildman–Crippen LogP) is 3.26. The maximum absolute atomic E-state index is 12.2. The van der Waals surface area contributed by atoms with E-state index in [9.17, 15) is 4.79 Å². The van der Waals surface area contributed by atoms with Crippen LogP contribution in [0.2, 0.25) is 0 Å². The molecule has 3 nitrogen and oxygen atoms in total. The first-order valence-electron chi connectivity index (χ1n) is 7.33. The Morgan fingerprint density at radius 3 is 2.60 bits per heavy atom. The van der Waals surface area contributed by atoms with Gasteiger partial charge in [-0.05, 0) is 37.4 Å². The number of hydrogen-bond donors (Lipinski definition) is 1. The lowest BCUT2D eigenvalue weighted by molar-refractivity contribution is -0.117. The van der Waals surface area contributed by atoms with E-state index in [0.29, 0.717) is 6.54 Å². The molecule has 20 heavy (non-hydrogen) atoms. The minimum atomic E-state index is 0.0863. The van der Waals surface area contributed by atoms with Crippen molar-refractivity contribution in [3.05, 3.63) is 42.5 Å². The monoisotopic (exact) mass is 268 g/mol. The van der Waals surface area contributed by atoms with Crippen LogP contribution < -0.4 is 5.32 Å². The molecule has 1 amide bonds. The summed E-state index contributed by atoms with van der Waals surface area (Å²) in [5.74, 6) is 0.0863. The summed E-state index contributed by atoms with van der Waals surface area (Å²) < 4.78 is 0. The van der Waals surface area contributed by atoms with Crippen LogP contribution >= 0.6 is 0 Å². The Bertz CT molecular complexity index is 597. The molecule has 0 unspecified atom stereocenters. The molecule has 3 heteroatoms. The molecule has 1 aliphatic heterocycles. The zero-order chi connectivity index (χ0) is 13.8. The highest BCUT2D eigenvalue weighted by Gasteiger charge is 2.14. The molecular formula is C17H20N2O. The molecule has 0 saturated carbocycles. The highest BCUT2D eigenvalue weighted by atomic mass is 16.2. The van der Waals surface area contributed by atoms with Crippen LogP contribution in [-0.2, 0) is 4.79 Å². The second-order valence-electron chi connectivity index (χ2n) is 5.41. The number of carbonyl (C=O) groups is 1. The largest absolute Gasteiger partial charge is 0.324 e. The van der Waals surface area contributed by atoms with Crippen molar-refractivity contribution in [1.82, 2.24) is 4.90 Å². The third-order valence-corrected chi connectivity index (χ3v) is 3.88. The van der Waals surface area contributed by atoms with E-state index in [2.05, 4.69) is 22.3 Å². The van der Waals surface area contributed by atoms with Crippen molar-refractivity contribution in [3.8, 4) is 0 Å². The molecule has 1 saturated heterocycles. The van der Waals surface area contributed by atoms with Crippen molar-refractivity contribution in [2.45, 2.75) is 19.3 Å². The third-order valence-electron chi connectivity index (χ3n) is 3.88. The van der Waals surface area contributed by atoms with Crippen LogP contribution in [-0.4, -0.2) is 30.4 Å². The molecule has 1 aliphatic rings. The van der Waals surface area contributed by atoms with Gasteiger partial charge in [0.15, 0.2) is 0 Å². The Morgan fingerprint density at radius 2 is 1.75 bits per heavy atom. The van der Waals surface area contributed by atoms with Gasteiger partial charge in [-0.15, -0.1) is 0 Å². The van der Waals surface area contributed by atoms with Gasteiger partial charge in [0.2, 0.25) is 5.91 Å². The van der Waals surface area contributed by atoms with Crippen LogP contribution in [0.3, 0.4) is 0 Å². The second-order valence-corrected chi connectivity index (χ2v) is 5.41. The van der Waals surface area contributed by atoms with Gasteiger partial charge in [-0.2, -0.15) is 0 Å². The average molecular weight is 268 g/mol. The van der Waals surface area contributed by atoms with Crippen molar-refractivity contribution in [1.29, 1.82) is 0 Å². The topological polar surface area (TPSA) is 32.3 Å². The van der Waals surface area contributed by atoms with Crippen LogP contribution in [0.4, 0.5) is 5.69 Å². The standard InChI is InChI=1S/C17H20N2O/c20-17(13-19-11-4-1-5-12-19)18-16-10-6-8-14-7-2-3-9-15(14)16/h2-3,6-10H,1,4-5,11-13H2,(H,18,20). The fourth-order valence-corrected chi connectivity index (χ4v) is 2.84. The van der Waals surface area contributed by atoms with Crippen molar-refractivity contribution in [3.63, 3.8) is 0 Å². The zero-order valence-corrected chi connectivity index (χ0v) is 11.6. The SMILES string of the molecule is O=C(CN1CCCCC1)Nc1cccc2ccccc12. The van der Waals surface area contributed by atoms with E-state index >= 15 is 0 Å². The summed E-state index contributed by atoms with van der Waals surface area (Å²) in [7, 11) is 0. The van der Waals surface area contributed by atoms with Gasteiger partial charge in [0.25, 0.3) is 0 Å². The maximum Gasteiger partial charge on any atom is 0.238 e. The second kappa shape index (κ2) is 6.06. The Morgan fingerprint density at radius 1 is 1.00 bits per heavy atom. The first kappa shape index (κ1) is 13.1. The molecule has 2 aromatic carbocycles. The van der Waals surface area contributed by atoms with Crippen LogP contribution in [0.25, 0.3) is 10.8 Å². The third kappa shape index (κ3) is 2.99. The summed E-state index contributed by atoms with van der Waals surface area (Å²) in [5.41, 5.74) is 0.908. The van der Waals surface area contributed by atoms with Crippen molar-refractivity contribution >= 4 is 22.4 Å². The number of benzene rings is 2. The van der Waals surface area contributed by atoms with Crippen molar-refractivity contribution < 1.29 is 4.79 Å². The first-order valence-corrected chi connectivity index (χ1v) is 7.33. The van der Waals surface area contributed by atoms with Gasteiger partial charge in [-0.1, -0.05) is 42.8 Å². The molecule has 3 rings (SSSR count). The van der Waals surface area contributed by atoms with Crippen molar-refractivity contribution in [2.75, 3.05) is 25.0 Å². The van der Waals surface area contributed by atoms with Crippen molar-refractivity contribution in [2.24, 2.45) is 0 Å². The Balaban J connectivity index is 1.71. The molecule has 0 bridgehead atoms. The molecule has 1 fully saturated rings. The number of nitrogens with one attached hydrogen (secondary N) is 1. The number of piperidine rings is 1. The normalized spacial score (nSPS) is 16.2. The van der Waals surface area contributed by atoms with E-state index in [4.69, 9.17) is 0 Å². The summed E-state index contributed by atoms with van der Waals surface area (Å²) in [6.07, 6.45) is 3.71. The minimum absolute atomic E-state index is 0.0863. The Labute approximate surface area is 119 Å². The summed E-state index contributed by atoms with van der Waals surface area (Å²) in [6.45, 7) is 2.59. The van der Waals surface area contributed by atoms with Gasteiger partial charge in [-0.3, -0.25) is 9.69 Å². The van der Waals surface area contributed by atoms with E-state index in [0.717, 1.165) is 29.5 Å². The lowest BCUT2D eigenvalue weighted by atomic mass is 10.1. The van der Waals surface area contributed by atoms with Crippen LogP contribution in [0, 0.1) is 0 Å². The number of fused-ring (bicyclic) bond motifs is 1. The lowest BCUT2D eigenvalue weighted by Crippen LogP contribution is -2.36. The van der Waals surface area contributed by atoms with E-state index < -0.39 is 0 Å². The van der Waals surface area contributed by atoms with Crippen LogP contribution in [0.15, 0.2) is 42.5 Å².